The predicted octanol–water partition coefficient (Wildman–Crippen LogP) is 6.21. The molecular formula is C22H22ClFN2O2S. The minimum atomic E-state index is -0.853. The number of carboxylic acids is 1. The minimum Gasteiger partial charge on any atom is -0.481 e. The molecule has 0 atom stereocenters. The third kappa shape index (κ3) is 5.34. The van der Waals surface area contributed by atoms with Gasteiger partial charge in [0.2, 0.25) is 0 Å². The lowest BCUT2D eigenvalue weighted by molar-refractivity contribution is -0.136. The summed E-state index contributed by atoms with van der Waals surface area (Å²) in [6.45, 7) is 5.05. The molecule has 0 fully saturated rings. The third-order valence-corrected chi connectivity index (χ3v) is 6.15. The summed E-state index contributed by atoms with van der Waals surface area (Å²) >= 11 is 7.52. The second-order valence-electron chi connectivity index (χ2n) is 7.04. The van der Waals surface area contributed by atoms with Gasteiger partial charge >= 0.3 is 5.97 Å². The number of hydrogen-bond acceptors (Lipinski definition) is 4. The maximum absolute atomic E-state index is 13.6. The van der Waals surface area contributed by atoms with Gasteiger partial charge in [-0.3, -0.25) is 4.79 Å². The number of hydrogen-bond donors (Lipinski definition) is 1. The molecule has 1 aromatic heterocycles. The van der Waals surface area contributed by atoms with Crippen molar-refractivity contribution in [2.45, 2.75) is 32.7 Å². The molecule has 0 amide bonds. The summed E-state index contributed by atoms with van der Waals surface area (Å²) in [6.07, 6.45) is 0.0150. The van der Waals surface area contributed by atoms with Gasteiger partial charge in [-0.15, -0.1) is 11.3 Å². The molecule has 0 radical (unpaired) electrons. The van der Waals surface area contributed by atoms with Gasteiger partial charge in [0, 0.05) is 23.5 Å². The molecule has 0 saturated heterocycles. The lowest BCUT2D eigenvalue weighted by Gasteiger charge is -2.21. The monoisotopic (exact) mass is 432 g/mol. The molecule has 0 spiro atoms. The van der Waals surface area contributed by atoms with E-state index in [1.807, 2.05) is 35.2 Å². The summed E-state index contributed by atoms with van der Waals surface area (Å²) in [7, 11) is 0. The fraction of sp³-hybridized carbons (Fsp3) is 0.273. The van der Waals surface area contributed by atoms with E-state index in [1.54, 1.807) is 12.1 Å². The first-order valence-electron chi connectivity index (χ1n) is 9.32. The molecule has 1 heterocycles. The quantitative estimate of drug-likeness (QED) is 0.460. The van der Waals surface area contributed by atoms with Gasteiger partial charge in [-0.1, -0.05) is 55.8 Å². The van der Waals surface area contributed by atoms with Crippen molar-refractivity contribution in [3.63, 3.8) is 0 Å². The van der Waals surface area contributed by atoms with Crippen molar-refractivity contribution in [3.8, 4) is 11.3 Å². The van der Waals surface area contributed by atoms with E-state index in [4.69, 9.17) is 21.7 Å². The van der Waals surface area contributed by atoms with Crippen molar-refractivity contribution < 1.29 is 14.3 Å². The second kappa shape index (κ2) is 9.37. The van der Waals surface area contributed by atoms with Crippen LogP contribution in [0.3, 0.4) is 0 Å². The van der Waals surface area contributed by atoms with E-state index < -0.39 is 11.8 Å². The fourth-order valence-corrected chi connectivity index (χ4v) is 4.27. The lowest BCUT2D eigenvalue weighted by atomic mass is 10.1. The maximum Gasteiger partial charge on any atom is 0.305 e. The van der Waals surface area contributed by atoms with Gasteiger partial charge in [0.25, 0.3) is 0 Å². The van der Waals surface area contributed by atoms with E-state index in [2.05, 4.69) is 13.8 Å². The SMILES string of the molecule is CC(C)c1sc(N(CCC(=O)O)Cc2ccccc2)nc1-c1ccc(F)c(Cl)c1. The zero-order valence-corrected chi connectivity index (χ0v) is 17.8. The number of rotatable bonds is 8. The number of carboxylic acid groups (broad SMARTS) is 1. The van der Waals surface area contributed by atoms with Gasteiger partial charge in [-0.25, -0.2) is 9.37 Å². The summed E-state index contributed by atoms with van der Waals surface area (Å²) in [5.41, 5.74) is 2.58. The van der Waals surface area contributed by atoms with Gasteiger partial charge in [0.15, 0.2) is 5.13 Å². The van der Waals surface area contributed by atoms with Gasteiger partial charge in [0.1, 0.15) is 5.82 Å². The Kier molecular flexibility index (Phi) is 6.87. The zero-order chi connectivity index (χ0) is 21.0. The fourth-order valence-electron chi connectivity index (χ4n) is 2.97. The Morgan fingerprint density at radius 3 is 2.59 bits per heavy atom. The number of nitrogens with zero attached hydrogens (tertiary/aromatic N) is 2. The van der Waals surface area contributed by atoms with Crippen LogP contribution in [0.1, 0.15) is 36.6 Å². The van der Waals surface area contributed by atoms with E-state index in [-0.39, 0.29) is 17.4 Å². The molecule has 152 valence electrons. The van der Waals surface area contributed by atoms with E-state index in [0.717, 1.165) is 26.8 Å². The van der Waals surface area contributed by atoms with Crippen molar-refractivity contribution >= 4 is 34.0 Å². The van der Waals surface area contributed by atoms with Gasteiger partial charge in [-0.2, -0.15) is 0 Å². The van der Waals surface area contributed by atoms with Crippen LogP contribution in [0.4, 0.5) is 9.52 Å². The largest absolute Gasteiger partial charge is 0.481 e. The molecule has 0 saturated carbocycles. The highest BCUT2D eigenvalue weighted by atomic mass is 35.5. The van der Waals surface area contributed by atoms with Crippen molar-refractivity contribution in [1.29, 1.82) is 0 Å². The molecule has 0 bridgehead atoms. The highest BCUT2D eigenvalue weighted by Crippen LogP contribution is 2.39. The maximum atomic E-state index is 13.6. The molecule has 0 aliphatic heterocycles. The van der Waals surface area contributed by atoms with Crippen LogP contribution in [0.15, 0.2) is 48.5 Å². The summed E-state index contributed by atoms with van der Waals surface area (Å²) in [6, 6.07) is 14.5. The van der Waals surface area contributed by atoms with Gasteiger partial charge in [-0.05, 0) is 29.7 Å². The molecule has 1 N–H and O–H groups in total. The Bertz CT molecular complexity index is 992. The number of anilines is 1. The molecule has 0 unspecified atom stereocenters. The van der Waals surface area contributed by atoms with Crippen molar-refractivity contribution in [3.05, 3.63) is 69.8 Å². The smallest absolute Gasteiger partial charge is 0.305 e. The molecule has 2 aromatic carbocycles. The van der Waals surface area contributed by atoms with Crippen molar-refractivity contribution in [2.24, 2.45) is 0 Å². The van der Waals surface area contributed by atoms with E-state index in [1.165, 1.54) is 17.4 Å². The van der Waals surface area contributed by atoms with Crippen LogP contribution in [-0.2, 0) is 11.3 Å². The number of benzene rings is 2. The van der Waals surface area contributed by atoms with E-state index in [0.29, 0.717) is 13.1 Å². The van der Waals surface area contributed by atoms with Gasteiger partial charge < -0.3 is 10.0 Å². The molecule has 29 heavy (non-hydrogen) atoms. The van der Waals surface area contributed by atoms with Gasteiger partial charge in [0.05, 0.1) is 17.1 Å². The molecule has 3 rings (SSSR count). The standard InChI is InChI=1S/C22H22ClFN2O2S/c1-14(2)21-20(16-8-9-18(24)17(23)12-16)25-22(29-21)26(11-10-19(27)28)13-15-6-4-3-5-7-15/h3-9,12,14H,10-11,13H2,1-2H3,(H,27,28). The van der Waals surface area contributed by atoms with Crippen LogP contribution < -0.4 is 4.90 Å². The first-order valence-corrected chi connectivity index (χ1v) is 10.5. The summed E-state index contributed by atoms with van der Waals surface area (Å²) in [4.78, 5) is 19.0. The Labute approximate surface area is 178 Å². The van der Waals surface area contributed by atoms with E-state index in [9.17, 15) is 9.18 Å². The van der Waals surface area contributed by atoms with E-state index >= 15 is 0 Å². The summed E-state index contributed by atoms with van der Waals surface area (Å²) in [5, 5.41) is 9.96. The highest BCUT2D eigenvalue weighted by molar-refractivity contribution is 7.16. The number of halogens is 2. The average molecular weight is 433 g/mol. The van der Waals surface area contributed by atoms with Crippen molar-refractivity contribution in [1.82, 2.24) is 4.98 Å². The van der Waals surface area contributed by atoms with Crippen LogP contribution >= 0.6 is 22.9 Å². The zero-order valence-electron chi connectivity index (χ0n) is 16.2. The highest BCUT2D eigenvalue weighted by Gasteiger charge is 2.21. The Hall–Kier alpha value is -2.44. The molecule has 0 aliphatic carbocycles. The van der Waals surface area contributed by atoms with Crippen LogP contribution in [0.5, 0.6) is 0 Å². The number of carbonyl (C=O) groups is 1. The molecule has 0 aliphatic rings. The lowest BCUT2D eigenvalue weighted by Crippen LogP contribution is -2.25. The van der Waals surface area contributed by atoms with Crippen LogP contribution in [-0.4, -0.2) is 22.6 Å². The number of aromatic nitrogens is 1. The first-order chi connectivity index (χ1) is 13.8. The van der Waals surface area contributed by atoms with Crippen LogP contribution in [0.2, 0.25) is 5.02 Å². The Balaban J connectivity index is 2.00. The molecule has 3 aromatic rings. The second-order valence-corrected chi connectivity index (χ2v) is 8.46. The topological polar surface area (TPSA) is 53.4 Å². The van der Waals surface area contributed by atoms with Crippen LogP contribution in [0, 0.1) is 5.82 Å². The Morgan fingerprint density at radius 2 is 1.97 bits per heavy atom. The number of thiazole rings is 1. The number of aliphatic carboxylic acids is 1. The minimum absolute atomic E-state index is 0.0150. The Morgan fingerprint density at radius 1 is 1.24 bits per heavy atom. The third-order valence-electron chi connectivity index (χ3n) is 4.44. The van der Waals surface area contributed by atoms with Crippen molar-refractivity contribution in [2.75, 3.05) is 11.4 Å². The summed E-state index contributed by atoms with van der Waals surface area (Å²) < 4.78 is 13.6. The molecular weight excluding hydrogens is 411 g/mol. The average Bonchev–Trinajstić information content (AvgIpc) is 3.13. The predicted molar refractivity (Wildman–Crippen MR) is 116 cm³/mol. The molecule has 7 heteroatoms. The summed E-state index contributed by atoms with van der Waals surface area (Å²) in [5.74, 6) is -1.11. The first kappa shape index (κ1) is 21.3. The normalized spacial score (nSPS) is 11.1. The molecule has 4 nitrogen and oxygen atoms in total. The van der Waals surface area contributed by atoms with Crippen LogP contribution in [0.25, 0.3) is 11.3 Å².